The fraction of sp³-hybridized carbons (Fsp3) is 0.182. The highest BCUT2D eigenvalue weighted by atomic mass is 35.5. The number of benzene rings is 1. The Morgan fingerprint density at radius 2 is 2.06 bits per heavy atom. The molecule has 1 atom stereocenters. The normalized spacial score (nSPS) is 13.0. The van der Waals surface area contributed by atoms with Gasteiger partial charge < -0.3 is 9.12 Å². The molecule has 1 aromatic carbocycles. The summed E-state index contributed by atoms with van der Waals surface area (Å²) in [6.07, 6.45) is 1.56. The molecular formula is C11H10ClNO2S. The third-order valence-electron chi connectivity index (χ3n) is 2.48. The van der Waals surface area contributed by atoms with Crippen LogP contribution >= 0.6 is 11.6 Å². The van der Waals surface area contributed by atoms with Gasteiger partial charge in [0.15, 0.2) is 4.90 Å². The Morgan fingerprint density at radius 3 is 2.69 bits per heavy atom. The fourth-order valence-corrected chi connectivity index (χ4v) is 2.55. The van der Waals surface area contributed by atoms with E-state index in [1.165, 1.54) is 10.6 Å². The maximum atomic E-state index is 11.7. The number of nitrogens with zero attached hydrogens (tertiary/aromatic N) is 1. The van der Waals surface area contributed by atoms with Gasteiger partial charge in [0.2, 0.25) is 0 Å². The van der Waals surface area contributed by atoms with Gasteiger partial charge in [0, 0.05) is 12.1 Å². The summed E-state index contributed by atoms with van der Waals surface area (Å²) in [7, 11) is 1.67. The van der Waals surface area contributed by atoms with Crippen molar-refractivity contribution >= 4 is 33.7 Å². The first-order valence-corrected chi connectivity index (χ1v) is 6.57. The predicted molar refractivity (Wildman–Crippen MR) is 66.5 cm³/mol. The number of pyridine rings is 1. The summed E-state index contributed by atoms with van der Waals surface area (Å²) in [5.41, 5.74) is 0.519. The molecule has 1 heterocycles. The first kappa shape index (κ1) is 11.5. The molecule has 1 unspecified atom stereocenters. The van der Waals surface area contributed by atoms with Crippen LogP contribution in [-0.2, 0) is 18.2 Å². The third kappa shape index (κ3) is 1.84. The van der Waals surface area contributed by atoms with E-state index < -0.39 is 11.2 Å². The summed E-state index contributed by atoms with van der Waals surface area (Å²) in [6.45, 7) is 0. The van der Waals surface area contributed by atoms with Gasteiger partial charge in [0.05, 0.1) is 17.0 Å². The molecule has 2 aromatic rings. The molecule has 5 heteroatoms. The molecule has 0 spiro atoms. The number of hydrogen-bond acceptors (Lipinski definition) is 2. The van der Waals surface area contributed by atoms with Crippen molar-refractivity contribution in [1.29, 1.82) is 0 Å². The maximum Gasteiger partial charge on any atom is 0.255 e. The number of halogens is 1. The summed E-state index contributed by atoms with van der Waals surface area (Å²) < 4.78 is 13.0. The van der Waals surface area contributed by atoms with Crippen molar-refractivity contribution in [3.05, 3.63) is 39.6 Å². The standard InChI is InChI=1S/C11H10ClNO2S/c1-13-9-5-7(12)3-4-8(9)10(16(2)15)6-11(13)14/h3-6H,1-2H3. The second-order valence-electron chi connectivity index (χ2n) is 3.52. The molecule has 0 bridgehead atoms. The second-order valence-corrected chi connectivity index (χ2v) is 5.31. The van der Waals surface area contributed by atoms with E-state index in [0.717, 1.165) is 5.39 Å². The predicted octanol–water partition coefficient (Wildman–Crippen LogP) is 1.93. The van der Waals surface area contributed by atoms with Crippen molar-refractivity contribution < 1.29 is 4.55 Å². The van der Waals surface area contributed by atoms with Crippen molar-refractivity contribution in [3.8, 4) is 0 Å². The van der Waals surface area contributed by atoms with Crippen molar-refractivity contribution in [3.63, 3.8) is 0 Å². The van der Waals surface area contributed by atoms with E-state index >= 15 is 0 Å². The van der Waals surface area contributed by atoms with Gasteiger partial charge in [-0.3, -0.25) is 4.79 Å². The zero-order chi connectivity index (χ0) is 11.9. The summed E-state index contributed by atoms with van der Waals surface area (Å²) >= 11 is 4.70. The highest BCUT2D eigenvalue weighted by molar-refractivity contribution is 7.91. The lowest BCUT2D eigenvalue weighted by Gasteiger charge is -2.10. The molecule has 0 aliphatic carbocycles. The SMILES string of the molecule is Cn1c(=O)cc([S+](C)[O-])c2ccc(Cl)cc21. The number of hydrogen-bond donors (Lipinski definition) is 0. The van der Waals surface area contributed by atoms with E-state index in [0.29, 0.717) is 15.4 Å². The Labute approximate surface area is 101 Å². The Kier molecular flexibility index (Phi) is 2.97. The molecule has 3 nitrogen and oxygen atoms in total. The van der Waals surface area contributed by atoms with Crippen LogP contribution in [0.2, 0.25) is 5.02 Å². The molecule has 16 heavy (non-hydrogen) atoms. The molecule has 1 aromatic heterocycles. The van der Waals surface area contributed by atoms with Crippen LogP contribution in [0.1, 0.15) is 0 Å². The van der Waals surface area contributed by atoms with Gasteiger partial charge in [-0.05, 0) is 29.4 Å². The molecule has 0 saturated heterocycles. The lowest BCUT2D eigenvalue weighted by atomic mass is 10.2. The van der Waals surface area contributed by atoms with E-state index in [1.807, 2.05) is 0 Å². The van der Waals surface area contributed by atoms with Crippen LogP contribution in [0.15, 0.2) is 34.0 Å². The van der Waals surface area contributed by atoms with E-state index in [2.05, 4.69) is 0 Å². The highest BCUT2D eigenvalue weighted by Crippen LogP contribution is 2.23. The van der Waals surface area contributed by atoms with Crippen LogP contribution in [0.5, 0.6) is 0 Å². The lowest BCUT2D eigenvalue weighted by Crippen LogP contribution is -2.18. The van der Waals surface area contributed by atoms with Gasteiger partial charge in [-0.15, -0.1) is 0 Å². The van der Waals surface area contributed by atoms with Crippen LogP contribution < -0.4 is 5.56 Å². The van der Waals surface area contributed by atoms with Crippen LogP contribution in [0.4, 0.5) is 0 Å². The minimum atomic E-state index is -1.19. The van der Waals surface area contributed by atoms with Gasteiger partial charge in [-0.2, -0.15) is 0 Å². The lowest BCUT2D eigenvalue weighted by molar-refractivity contribution is 0.601. The van der Waals surface area contributed by atoms with Gasteiger partial charge in [0.25, 0.3) is 5.56 Å². The molecule has 0 radical (unpaired) electrons. The third-order valence-corrected chi connectivity index (χ3v) is 3.67. The smallest absolute Gasteiger partial charge is 0.255 e. The Morgan fingerprint density at radius 1 is 1.38 bits per heavy atom. The average molecular weight is 256 g/mol. The van der Waals surface area contributed by atoms with E-state index in [9.17, 15) is 9.35 Å². The molecular weight excluding hydrogens is 246 g/mol. The largest absolute Gasteiger partial charge is 0.612 e. The summed E-state index contributed by atoms with van der Waals surface area (Å²) in [4.78, 5) is 12.2. The van der Waals surface area contributed by atoms with Crippen molar-refractivity contribution in [2.75, 3.05) is 6.26 Å². The number of rotatable bonds is 1. The molecule has 2 rings (SSSR count). The Balaban J connectivity index is 2.95. The van der Waals surface area contributed by atoms with E-state index in [1.54, 1.807) is 31.5 Å². The monoisotopic (exact) mass is 255 g/mol. The van der Waals surface area contributed by atoms with E-state index in [4.69, 9.17) is 11.6 Å². The molecule has 84 valence electrons. The first-order chi connectivity index (χ1) is 7.50. The van der Waals surface area contributed by atoms with Crippen LogP contribution in [0.25, 0.3) is 10.9 Å². The maximum absolute atomic E-state index is 11.7. The van der Waals surface area contributed by atoms with Crippen LogP contribution in [0.3, 0.4) is 0 Å². The number of aryl methyl sites for hydroxylation is 1. The van der Waals surface area contributed by atoms with Crippen molar-refractivity contribution in [1.82, 2.24) is 4.57 Å². The highest BCUT2D eigenvalue weighted by Gasteiger charge is 2.13. The summed E-state index contributed by atoms with van der Waals surface area (Å²) in [5, 5.41) is 1.36. The second kappa shape index (κ2) is 4.13. The molecule has 0 N–H and O–H groups in total. The molecule has 0 aliphatic rings. The first-order valence-electron chi connectivity index (χ1n) is 4.63. The van der Waals surface area contributed by atoms with Gasteiger partial charge >= 0.3 is 0 Å². The number of fused-ring (bicyclic) bond motifs is 1. The van der Waals surface area contributed by atoms with Gasteiger partial charge in [0.1, 0.15) is 6.26 Å². The van der Waals surface area contributed by atoms with Crippen LogP contribution in [0, 0.1) is 0 Å². The summed E-state index contributed by atoms with van der Waals surface area (Å²) in [6, 6.07) is 6.62. The zero-order valence-corrected chi connectivity index (χ0v) is 10.4. The van der Waals surface area contributed by atoms with Crippen molar-refractivity contribution in [2.24, 2.45) is 7.05 Å². The van der Waals surface area contributed by atoms with Gasteiger partial charge in [-0.25, -0.2) is 0 Å². The Bertz CT molecular complexity index is 607. The molecule has 0 fully saturated rings. The van der Waals surface area contributed by atoms with Crippen LogP contribution in [-0.4, -0.2) is 15.4 Å². The average Bonchev–Trinajstić information content (AvgIpc) is 2.23. The minimum Gasteiger partial charge on any atom is -0.612 e. The topological polar surface area (TPSA) is 45.1 Å². The minimum absolute atomic E-state index is 0.181. The molecule has 0 amide bonds. The quantitative estimate of drug-likeness (QED) is 0.731. The van der Waals surface area contributed by atoms with E-state index in [-0.39, 0.29) is 5.56 Å². The van der Waals surface area contributed by atoms with Crippen molar-refractivity contribution in [2.45, 2.75) is 4.90 Å². The Hall–Kier alpha value is -0.970. The summed E-state index contributed by atoms with van der Waals surface area (Å²) in [5.74, 6) is 0. The zero-order valence-electron chi connectivity index (χ0n) is 8.86. The fourth-order valence-electron chi connectivity index (χ4n) is 1.63. The molecule has 0 aliphatic heterocycles. The van der Waals surface area contributed by atoms with Gasteiger partial charge in [-0.1, -0.05) is 11.6 Å². The molecule has 0 saturated carbocycles. The number of aromatic nitrogens is 1.